The summed E-state index contributed by atoms with van der Waals surface area (Å²) in [6.07, 6.45) is 3.72. The highest BCUT2D eigenvalue weighted by Gasteiger charge is 2.24. The number of nitrogen functional groups attached to an aromatic ring is 1. The molecule has 0 aliphatic rings. The van der Waals surface area contributed by atoms with E-state index >= 15 is 0 Å². The second-order valence-electron chi connectivity index (χ2n) is 5.75. The summed E-state index contributed by atoms with van der Waals surface area (Å²) in [5.74, 6) is 0. The first-order valence-corrected chi connectivity index (χ1v) is 6.05. The number of aromatic nitrogens is 3. The summed E-state index contributed by atoms with van der Waals surface area (Å²) in [6, 6.07) is 1.95. The zero-order valence-corrected chi connectivity index (χ0v) is 11.7. The number of rotatable bonds is 1. The molecule has 2 heterocycles. The average Bonchev–Trinajstić information content (AvgIpc) is 2.59. The minimum absolute atomic E-state index is 0.00784. The molecule has 0 saturated carbocycles. The number of pyridine rings is 1. The van der Waals surface area contributed by atoms with Gasteiger partial charge in [0.2, 0.25) is 0 Å². The number of aryl methyl sites for hydroxylation is 2. The van der Waals surface area contributed by atoms with Crippen molar-refractivity contribution < 1.29 is 0 Å². The molecule has 0 aromatic carbocycles. The summed E-state index contributed by atoms with van der Waals surface area (Å²) in [4.78, 5) is 4.46. The van der Waals surface area contributed by atoms with Gasteiger partial charge in [0.25, 0.3) is 0 Å². The molecule has 96 valence electrons. The van der Waals surface area contributed by atoms with E-state index in [1.54, 1.807) is 6.20 Å². The van der Waals surface area contributed by atoms with Crippen LogP contribution < -0.4 is 5.73 Å². The topological polar surface area (TPSA) is 56.7 Å². The van der Waals surface area contributed by atoms with Gasteiger partial charge >= 0.3 is 0 Å². The smallest absolute Gasteiger partial charge is 0.0771 e. The van der Waals surface area contributed by atoms with Crippen LogP contribution in [0.15, 0.2) is 18.5 Å². The molecule has 0 radical (unpaired) electrons. The average molecular weight is 244 g/mol. The van der Waals surface area contributed by atoms with Gasteiger partial charge < -0.3 is 5.73 Å². The molecule has 0 amide bonds. The van der Waals surface area contributed by atoms with Crippen molar-refractivity contribution in [3.05, 3.63) is 29.7 Å². The minimum Gasteiger partial charge on any atom is -0.397 e. The first-order chi connectivity index (χ1) is 8.29. The van der Waals surface area contributed by atoms with Gasteiger partial charge in [-0.1, -0.05) is 20.8 Å². The number of anilines is 1. The van der Waals surface area contributed by atoms with E-state index in [-0.39, 0.29) is 5.41 Å². The Kier molecular flexibility index (Phi) is 2.89. The first-order valence-electron chi connectivity index (χ1n) is 6.05. The van der Waals surface area contributed by atoms with Gasteiger partial charge in [-0.25, -0.2) is 0 Å². The van der Waals surface area contributed by atoms with Gasteiger partial charge in [-0.15, -0.1) is 0 Å². The molecule has 4 heteroatoms. The van der Waals surface area contributed by atoms with Crippen LogP contribution in [0.1, 0.15) is 32.0 Å². The van der Waals surface area contributed by atoms with E-state index < -0.39 is 0 Å². The summed E-state index contributed by atoms with van der Waals surface area (Å²) in [6.45, 7) is 8.50. The zero-order valence-electron chi connectivity index (χ0n) is 11.7. The number of hydrogen-bond donors (Lipinski definition) is 1. The van der Waals surface area contributed by atoms with Crippen LogP contribution in [0.5, 0.6) is 0 Å². The standard InChI is InChI=1S/C14H20N4/c1-9-6-10(15)7-16-12(9)11-8-18(5)17-13(11)14(2,3)4/h6-8H,15H2,1-5H3. The molecule has 0 aliphatic heterocycles. The van der Waals surface area contributed by atoms with Crippen molar-refractivity contribution in [1.82, 2.24) is 14.8 Å². The lowest BCUT2D eigenvalue weighted by molar-refractivity contribution is 0.554. The van der Waals surface area contributed by atoms with Crippen molar-refractivity contribution in [1.29, 1.82) is 0 Å². The van der Waals surface area contributed by atoms with Gasteiger partial charge in [0.05, 0.1) is 23.3 Å². The Morgan fingerprint density at radius 2 is 1.94 bits per heavy atom. The molecule has 2 aromatic heterocycles. The van der Waals surface area contributed by atoms with E-state index in [0.717, 1.165) is 22.5 Å². The highest BCUT2D eigenvalue weighted by molar-refractivity contribution is 5.67. The summed E-state index contributed by atoms with van der Waals surface area (Å²) in [7, 11) is 1.94. The summed E-state index contributed by atoms with van der Waals surface area (Å²) < 4.78 is 1.84. The van der Waals surface area contributed by atoms with Crippen LogP contribution in [-0.2, 0) is 12.5 Å². The van der Waals surface area contributed by atoms with Crippen molar-refractivity contribution in [2.45, 2.75) is 33.1 Å². The lowest BCUT2D eigenvalue weighted by Crippen LogP contribution is -2.14. The minimum atomic E-state index is -0.00784. The Hall–Kier alpha value is -1.84. The summed E-state index contributed by atoms with van der Waals surface area (Å²) >= 11 is 0. The monoisotopic (exact) mass is 244 g/mol. The van der Waals surface area contributed by atoms with E-state index in [2.05, 4.69) is 30.9 Å². The normalized spacial score (nSPS) is 11.8. The lowest BCUT2D eigenvalue weighted by atomic mass is 9.88. The van der Waals surface area contributed by atoms with Gasteiger partial charge in [-0.05, 0) is 18.6 Å². The zero-order chi connectivity index (χ0) is 13.5. The highest BCUT2D eigenvalue weighted by Crippen LogP contribution is 2.32. The van der Waals surface area contributed by atoms with Crippen LogP contribution in [0.3, 0.4) is 0 Å². The maximum absolute atomic E-state index is 5.75. The van der Waals surface area contributed by atoms with Crippen molar-refractivity contribution in [3.8, 4) is 11.3 Å². The van der Waals surface area contributed by atoms with E-state index in [4.69, 9.17) is 5.73 Å². The van der Waals surface area contributed by atoms with Gasteiger partial charge in [0.1, 0.15) is 0 Å². The lowest BCUT2D eigenvalue weighted by Gasteiger charge is -2.17. The molecule has 0 unspecified atom stereocenters. The number of hydrogen-bond acceptors (Lipinski definition) is 3. The van der Waals surface area contributed by atoms with Crippen molar-refractivity contribution >= 4 is 5.69 Å². The van der Waals surface area contributed by atoms with Gasteiger partial charge in [-0.2, -0.15) is 5.10 Å². The molecule has 2 rings (SSSR count). The van der Waals surface area contributed by atoms with E-state index in [9.17, 15) is 0 Å². The molecular formula is C14H20N4. The van der Waals surface area contributed by atoms with Crippen LogP contribution in [0.2, 0.25) is 0 Å². The summed E-state index contributed by atoms with van der Waals surface area (Å²) in [5.41, 5.74) is 10.6. The third kappa shape index (κ3) is 2.23. The SMILES string of the molecule is Cc1cc(N)cnc1-c1cn(C)nc1C(C)(C)C. The second kappa shape index (κ2) is 4.12. The Labute approximate surface area is 108 Å². The van der Waals surface area contributed by atoms with E-state index in [1.807, 2.05) is 30.9 Å². The third-order valence-electron chi connectivity index (χ3n) is 2.89. The van der Waals surface area contributed by atoms with E-state index in [0.29, 0.717) is 5.69 Å². The van der Waals surface area contributed by atoms with Crippen LogP contribution >= 0.6 is 0 Å². The molecule has 0 spiro atoms. The Morgan fingerprint density at radius 1 is 1.28 bits per heavy atom. The van der Waals surface area contributed by atoms with E-state index in [1.165, 1.54) is 0 Å². The van der Waals surface area contributed by atoms with Crippen LogP contribution in [0.4, 0.5) is 5.69 Å². The fourth-order valence-electron chi connectivity index (χ4n) is 2.09. The Bertz CT molecular complexity index is 576. The Balaban J connectivity index is 2.64. The fourth-order valence-corrected chi connectivity index (χ4v) is 2.09. The predicted octanol–water partition coefficient (Wildman–Crippen LogP) is 2.67. The number of nitrogens with zero attached hydrogens (tertiary/aromatic N) is 3. The molecule has 2 N–H and O–H groups in total. The van der Waals surface area contributed by atoms with Gasteiger partial charge in [0, 0.05) is 24.2 Å². The highest BCUT2D eigenvalue weighted by atomic mass is 15.3. The van der Waals surface area contributed by atoms with Crippen molar-refractivity contribution in [3.63, 3.8) is 0 Å². The molecule has 0 saturated heterocycles. The fraction of sp³-hybridized carbons (Fsp3) is 0.429. The first kappa shape index (κ1) is 12.6. The second-order valence-corrected chi connectivity index (χ2v) is 5.75. The molecular weight excluding hydrogens is 224 g/mol. The molecule has 4 nitrogen and oxygen atoms in total. The van der Waals surface area contributed by atoms with Crippen LogP contribution in [-0.4, -0.2) is 14.8 Å². The van der Waals surface area contributed by atoms with Crippen LogP contribution in [0, 0.1) is 6.92 Å². The molecule has 0 atom stereocenters. The molecule has 0 bridgehead atoms. The molecule has 0 fully saturated rings. The van der Waals surface area contributed by atoms with Crippen molar-refractivity contribution in [2.75, 3.05) is 5.73 Å². The maximum Gasteiger partial charge on any atom is 0.0771 e. The van der Waals surface area contributed by atoms with Crippen molar-refractivity contribution in [2.24, 2.45) is 7.05 Å². The quantitative estimate of drug-likeness (QED) is 0.839. The maximum atomic E-state index is 5.75. The molecule has 0 aliphatic carbocycles. The summed E-state index contributed by atoms with van der Waals surface area (Å²) in [5, 5.41) is 4.57. The largest absolute Gasteiger partial charge is 0.397 e. The molecule has 18 heavy (non-hydrogen) atoms. The Morgan fingerprint density at radius 3 is 2.50 bits per heavy atom. The van der Waals surface area contributed by atoms with Crippen LogP contribution in [0.25, 0.3) is 11.3 Å². The molecule has 2 aromatic rings. The third-order valence-corrected chi connectivity index (χ3v) is 2.89. The predicted molar refractivity (Wildman–Crippen MR) is 74.3 cm³/mol. The number of nitrogens with two attached hydrogens (primary N) is 1. The van der Waals surface area contributed by atoms with Gasteiger partial charge in [-0.3, -0.25) is 9.67 Å². The van der Waals surface area contributed by atoms with Gasteiger partial charge in [0.15, 0.2) is 0 Å².